The summed E-state index contributed by atoms with van der Waals surface area (Å²) in [5, 5.41) is 6.72. The molecule has 0 amide bonds. The van der Waals surface area contributed by atoms with Gasteiger partial charge in [0.25, 0.3) is 0 Å². The summed E-state index contributed by atoms with van der Waals surface area (Å²) in [7, 11) is 0. The molecule has 1 aliphatic carbocycles. The number of nitrogens with zero attached hydrogens (tertiary/aromatic N) is 2. The third-order valence-electron chi connectivity index (χ3n) is 2.71. The number of H-pyrrole nitrogens is 1. The summed E-state index contributed by atoms with van der Waals surface area (Å²) in [4.78, 5) is 4.15. The second-order valence-corrected chi connectivity index (χ2v) is 4.04. The molecule has 0 aliphatic heterocycles. The first-order valence-electron chi connectivity index (χ1n) is 4.29. The van der Waals surface area contributed by atoms with Gasteiger partial charge in [0.15, 0.2) is 0 Å². The number of nitrogens with two attached hydrogens (primary N) is 1. The maximum Gasteiger partial charge on any atom is 0.239 e. The van der Waals surface area contributed by atoms with Crippen LogP contribution in [0.2, 0.25) is 0 Å². The summed E-state index contributed by atoms with van der Waals surface area (Å²) in [6.07, 6.45) is 2.60. The van der Waals surface area contributed by atoms with Crippen molar-refractivity contribution in [2.45, 2.75) is 32.1 Å². The maximum absolute atomic E-state index is 5.44. The molecule has 0 aromatic carbocycles. The molecule has 12 heavy (non-hydrogen) atoms. The molecule has 4 nitrogen and oxygen atoms in total. The van der Waals surface area contributed by atoms with Crippen LogP contribution in [0.3, 0.4) is 0 Å². The van der Waals surface area contributed by atoms with Crippen molar-refractivity contribution in [3.8, 4) is 0 Å². The van der Waals surface area contributed by atoms with E-state index in [1.165, 1.54) is 12.8 Å². The fourth-order valence-electron chi connectivity index (χ4n) is 1.56. The largest absolute Gasteiger partial charge is 0.367 e. The molecule has 0 unspecified atom stereocenters. The Morgan fingerprint density at radius 2 is 2.17 bits per heavy atom. The molecule has 2 rings (SSSR count). The molecule has 1 fully saturated rings. The number of nitrogen functional groups attached to an aromatic ring is 1. The van der Waals surface area contributed by atoms with E-state index in [2.05, 4.69) is 29.0 Å². The fraction of sp³-hybridized carbons (Fsp3) is 0.750. The lowest BCUT2D eigenvalue weighted by Gasteiger charge is -2.20. The van der Waals surface area contributed by atoms with Gasteiger partial charge in [-0.25, -0.2) is 0 Å². The van der Waals surface area contributed by atoms with Crippen LogP contribution in [0.25, 0.3) is 0 Å². The third kappa shape index (κ3) is 1.07. The molecule has 3 N–H and O–H groups in total. The van der Waals surface area contributed by atoms with E-state index >= 15 is 0 Å². The molecule has 1 heterocycles. The first kappa shape index (κ1) is 7.58. The highest BCUT2D eigenvalue weighted by molar-refractivity contribution is 5.19. The highest BCUT2D eigenvalue weighted by Crippen LogP contribution is 2.45. The number of aromatic amines is 1. The highest BCUT2D eigenvalue weighted by Gasteiger charge is 2.41. The lowest BCUT2D eigenvalue weighted by Crippen LogP contribution is -2.21. The van der Waals surface area contributed by atoms with Crippen LogP contribution in [0.1, 0.15) is 32.5 Å². The normalized spacial score (nSPS) is 18.2. The molecule has 0 radical (unpaired) electrons. The van der Waals surface area contributed by atoms with Crippen LogP contribution in [0.15, 0.2) is 0 Å². The predicted molar refractivity (Wildman–Crippen MR) is 46.5 cm³/mol. The number of aromatic nitrogens is 3. The number of anilines is 1. The first-order valence-corrected chi connectivity index (χ1v) is 4.29. The van der Waals surface area contributed by atoms with Crippen molar-refractivity contribution in [2.75, 3.05) is 5.73 Å². The summed E-state index contributed by atoms with van der Waals surface area (Å²) >= 11 is 0. The second kappa shape index (κ2) is 2.21. The molecule has 4 heteroatoms. The minimum absolute atomic E-state index is 0.116. The minimum Gasteiger partial charge on any atom is -0.367 e. The van der Waals surface area contributed by atoms with E-state index in [1.54, 1.807) is 0 Å². The van der Waals surface area contributed by atoms with Gasteiger partial charge < -0.3 is 5.73 Å². The van der Waals surface area contributed by atoms with Crippen molar-refractivity contribution < 1.29 is 0 Å². The zero-order valence-electron chi connectivity index (χ0n) is 7.46. The Kier molecular flexibility index (Phi) is 1.40. The van der Waals surface area contributed by atoms with Gasteiger partial charge in [0, 0.05) is 5.41 Å². The van der Waals surface area contributed by atoms with Crippen molar-refractivity contribution in [3.05, 3.63) is 5.82 Å². The molecular formula is C8H14N4. The molecule has 0 bridgehead atoms. The number of hydrogen-bond acceptors (Lipinski definition) is 3. The molecule has 0 atom stereocenters. The van der Waals surface area contributed by atoms with Crippen molar-refractivity contribution in [1.29, 1.82) is 0 Å². The van der Waals surface area contributed by atoms with E-state index < -0.39 is 0 Å². The maximum atomic E-state index is 5.44. The molecule has 1 aromatic heterocycles. The van der Waals surface area contributed by atoms with Gasteiger partial charge in [0.2, 0.25) is 5.95 Å². The van der Waals surface area contributed by atoms with E-state index in [9.17, 15) is 0 Å². The van der Waals surface area contributed by atoms with Crippen molar-refractivity contribution >= 4 is 5.95 Å². The average Bonchev–Trinajstić information content (AvgIpc) is 2.75. The SMILES string of the molecule is CC(C)(c1nc(N)n[nH]1)C1CC1. The van der Waals surface area contributed by atoms with E-state index in [0.717, 1.165) is 11.7 Å². The van der Waals surface area contributed by atoms with E-state index in [4.69, 9.17) is 5.73 Å². The van der Waals surface area contributed by atoms with Gasteiger partial charge in [-0.2, -0.15) is 4.98 Å². The summed E-state index contributed by atoms with van der Waals surface area (Å²) in [5.41, 5.74) is 5.56. The quantitative estimate of drug-likeness (QED) is 0.690. The van der Waals surface area contributed by atoms with Gasteiger partial charge >= 0.3 is 0 Å². The molecule has 1 aliphatic rings. The van der Waals surface area contributed by atoms with E-state index in [0.29, 0.717) is 5.95 Å². The lowest BCUT2D eigenvalue weighted by atomic mass is 9.87. The number of nitrogens with one attached hydrogen (secondary N) is 1. The van der Waals surface area contributed by atoms with Gasteiger partial charge in [0.05, 0.1) is 0 Å². The summed E-state index contributed by atoms with van der Waals surface area (Å²) in [6, 6.07) is 0. The first-order chi connectivity index (χ1) is 5.60. The fourth-order valence-corrected chi connectivity index (χ4v) is 1.56. The zero-order valence-corrected chi connectivity index (χ0v) is 7.46. The molecule has 1 aromatic rings. The van der Waals surface area contributed by atoms with Gasteiger partial charge in [-0.1, -0.05) is 13.8 Å². The molecule has 0 spiro atoms. The predicted octanol–water partition coefficient (Wildman–Crippen LogP) is 1.07. The molecule has 66 valence electrons. The van der Waals surface area contributed by atoms with Crippen LogP contribution in [-0.2, 0) is 5.41 Å². The van der Waals surface area contributed by atoms with Crippen LogP contribution in [0.4, 0.5) is 5.95 Å². The van der Waals surface area contributed by atoms with Gasteiger partial charge in [-0.05, 0) is 18.8 Å². The Balaban J connectivity index is 2.27. The van der Waals surface area contributed by atoms with Crippen LogP contribution < -0.4 is 5.73 Å². The van der Waals surface area contributed by atoms with Crippen LogP contribution in [0, 0.1) is 5.92 Å². The Bertz CT molecular complexity index is 285. The number of hydrogen-bond donors (Lipinski definition) is 2. The van der Waals surface area contributed by atoms with E-state index in [1.807, 2.05) is 0 Å². The van der Waals surface area contributed by atoms with Gasteiger partial charge in [0.1, 0.15) is 5.82 Å². The Labute approximate surface area is 71.6 Å². The van der Waals surface area contributed by atoms with Crippen LogP contribution in [-0.4, -0.2) is 15.2 Å². The molecular weight excluding hydrogens is 152 g/mol. The minimum atomic E-state index is 0.116. The Hall–Kier alpha value is -1.06. The zero-order chi connectivity index (χ0) is 8.77. The summed E-state index contributed by atoms with van der Waals surface area (Å²) in [5.74, 6) is 2.02. The van der Waals surface area contributed by atoms with Crippen LogP contribution >= 0.6 is 0 Å². The lowest BCUT2D eigenvalue weighted by molar-refractivity contribution is 0.427. The third-order valence-corrected chi connectivity index (χ3v) is 2.71. The van der Waals surface area contributed by atoms with Crippen LogP contribution in [0.5, 0.6) is 0 Å². The molecule has 1 saturated carbocycles. The monoisotopic (exact) mass is 166 g/mol. The van der Waals surface area contributed by atoms with Crippen molar-refractivity contribution in [1.82, 2.24) is 15.2 Å². The average molecular weight is 166 g/mol. The van der Waals surface area contributed by atoms with E-state index in [-0.39, 0.29) is 5.41 Å². The highest BCUT2D eigenvalue weighted by atomic mass is 15.3. The van der Waals surface area contributed by atoms with Crippen molar-refractivity contribution in [3.63, 3.8) is 0 Å². The summed E-state index contributed by atoms with van der Waals surface area (Å²) < 4.78 is 0. The second-order valence-electron chi connectivity index (χ2n) is 4.04. The molecule has 0 saturated heterocycles. The number of rotatable bonds is 2. The van der Waals surface area contributed by atoms with Crippen molar-refractivity contribution in [2.24, 2.45) is 5.92 Å². The standard InChI is InChI=1S/C8H14N4/c1-8(2,5-3-4-5)6-10-7(9)12-11-6/h5H,3-4H2,1-2H3,(H3,9,10,11,12). The van der Waals surface area contributed by atoms with Gasteiger partial charge in [-0.15, -0.1) is 5.10 Å². The Morgan fingerprint density at radius 3 is 2.58 bits per heavy atom. The smallest absolute Gasteiger partial charge is 0.239 e. The van der Waals surface area contributed by atoms with Gasteiger partial charge in [-0.3, -0.25) is 5.10 Å². The topological polar surface area (TPSA) is 67.6 Å². The summed E-state index contributed by atoms with van der Waals surface area (Å²) in [6.45, 7) is 4.37. The Morgan fingerprint density at radius 1 is 1.50 bits per heavy atom.